The SMILES string of the molecule is CC(C)(C)c1cc(-c2ccc(F)cc2)nc2cc(C(=O)N3CCNC(=O)C3(C)C)oc12. The number of piperazine rings is 1. The van der Waals surface area contributed by atoms with Gasteiger partial charge in [0.1, 0.15) is 16.9 Å². The minimum atomic E-state index is -0.978. The number of furan rings is 1. The van der Waals surface area contributed by atoms with E-state index in [2.05, 4.69) is 31.1 Å². The first-order chi connectivity index (χ1) is 14.5. The third-order valence-electron chi connectivity index (χ3n) is 5.73. The number of aromatic nitrogens is 1. The van der Waals surface area contributed by atoms with Crippen molar-refractivity contribution in [3.05, 3.63) is 53.5 Å². The van der Waals surface area contributed by atoms with Gasteiger partial charge in [-0.15, -0.1) is 0 Å². The number of rotatable bonds is 2. The Labute approximate surface area is 180 Å². The lowest BCUT2D eigenvalue weighted by molar-refractivity contribution is -0.133. The van der Waals surface area contributed by atoms with Gasteiger partial charge in [-0.05, 0) is 49.6 Å². The molecule has 3 heterocycles. The Morgan fingerprint density at radius 1 is 1.19 bits per heavy atom. The van der Waals surface area contributed by atoms with E-state index in [1.807, 2.05) is 6.07 Å². The molecule has 1 N–H and O–H groups in total. The van der Waals surface area contributed by atoms with Gasteiger partial charge in [-0.3, -0.25) is 9.59 Å². The van der Waals surface area contributed by atoms with Crippen LogP contribution in [-0.2, 0) is 10.2 Å². The van der Waals surface area contributed by atoms with E-state index in [0.717, 1.165) is 11.1 Å². The second-order valence-corrected chi connectivity index (χ2v) is 9.41. The van der Waals surface area contributed by atoms with E-state index in [1.54, 1.807) is 32.0 Å². The second kappa shape index (κ2) is 7.18. The highest BCUT2D eigenvalue weighted by Crippen LogP contribution is 2.35. The monoisotopic (exact) mass is 423 g/mol. The fourth-order valence-electron chi connectivity index (χ4n) is 3.84. The van der Waals surface area contributed by atoms with Crippen LogP contribution in [0.4, 0.5) is 4.39 Å². The van der Waals surface area contributed by atoms with Gasteiger partial charge in [0.15, 0.2) is 11.3 Å². The molecule has 2 aromatic heterocycles. The minimum absolute atomic E-state index is 0.145. The van der Waals surface area contributed by atoms with Gasteiger partial charge in [-0.1, -0.05) is 20.8 Å². The number of hydrogen-bond acceptors (Lipinski definition) is 4. The fourth-order valence-corrected chi connectivity index (χ4v) is 3.84. The summed E-state index contributed by atoms with van der Waals surface area (Å²) in [5.74, 6) is -0.714. The van der Waals surface area contributed by atoms with E-state index in [4.69, 9.17) is 4.42 Å². The number of amides is 2. The number of fused-ring (bicyclic) bond motifs is 1. The molecule has 7 heteroatoms. The highest BCUT2D eigenvalue weighted by molar-refractivity contribution is 6.00. The van der Waals surface area contributed by atoms with Gasteiger partial charge in [0.05, 0.1) is 5.69 Å². The summed E-state index contributed by atoms with van der Waals surface area (Å²) in [5.41, 5.74) is 2.18. The minimum Gasteiger partial charge on any atom is -0.449 e. The largest absolute Gasteiger partial charge is 0.449 e. The van der Waals surface area contributed by atoms with Gasteiger partial charge in [0.2, 0.25) is 5.91 Å². The lowest BCUT2D eigenvalue weighted by Crippen LogP contribution is -2.63. The van der Waals surface area contributed by atoms with Crippen LogP contribution in [0.2, 0.25) is 0 Å². The normalized spacial score (nSPS) is 16.5. The van der Waals surface area contributed by atoms with Crippen LogP contribution in [0.25, 0.3) is 22.4 Å². The van der Waals surface area contributed by atoms with Crippen LogP contribution in [0, 0.1) is 5.82 Å². The predicted molar refractivity (Wildman–Crippen MR) is 116 cm³/mol. The smallest absolute Gasteiger partial charge is 0.290 e. The average molecular weight is 423 g/mol. The van der Waals surface area contributed by atoms with Crippen LogP contribution in [0.3, 0.4) is 0 Å². The molecule has 0 saturated carbocycles. The second-order valence-electron chi connectivity index (χ2n) is 9.41. The first-order valence-electron chi connectivity index (χ1n) is 10.3. The Morgan fingerprint density at radius 2 is 1.87 bits per heavy atom. The van der Waals surface area contributed by atoms with Crippen molar-refractivity contribution in [2.75, 3.05) is 13.1 Å². The van der Waals surface area contributed by atoms with Gasteiger partial charge in [-0.25, -0.2) is 9.37 Å². The number of hydrogen-bond donors (Lipinski definition) is 1. The molecule has 1 aliphatic rings. The van der Waals surface area contributed by atoms with Gasteiger partial charge in [0, 0.05) is 30.3 Å². The van der Waals surface area contributed by atoms with Crippen molar-refractivity contribution >= 4 is 22.9 Å². The average Bonchev–Trinajstić information content (AvgIpc) is 3.12. The summed E-state index contributed by atoms with van der Waals surface area (Å²) < 4.78 is 19.4. The van der Waals surface area contributed by atoms with E-state index in [1.165, 1.54) is 17.0 Å². The lowest BCUT2D eigenvalue weighted by atomic mass is 9.86. The van der Waals surface area contributed by atoms with Crippen molar-refractivity contribution in [3.63, 3.8) is 0 Å². The Kier molecular flexibility index (Phi) is 4.87. The van der Waals surface area contributed by atoms with Crippen molar-refractivity contribution < 1.29 is 18.4 Å². The molecule has 0 spiro atoms. The number of pyridine rings is 1. The lowest BCUT2D eigenvalue weighted by Gasteiger charge is -2.40. The molecule has 6 nitrogen and oxygen atoms in total. The molecule has 31 heavy (non-hydrogen) atoms. The van der Waals surface area contributed by atoms with Gasteiger partial charge < -0.3 is 14.6 Å². The van der Waals surface area contributed by atoms with Gasteiger partial charge >= 0.3 is 0 Å². The number of benzene rings is 1. The molecule has 3 aromatic rings. The third kappa shape index (κ3) is 3.69. The van der Waals surface area contributed by atoms with Crippen LogP contribution in [-0.4, -0.2) is 40.3 Å². The van der Waals surface area contributed by atoms with Crippen molar-refractivity contribution in [2.45, 2.75) is 45.6 Å². The number of carbonyl (C=O) groups excluding carboxylic acids is 2. The maximum absolute atomic E-state index is 13.4. The molecule has 0 atom stereocenters. The molecule has 1 aromatic carbocycles. The van der Waals surface area contributed by atoms with E-state index >= 15 is 0 Å². The zero-order chi connectivity index (χ0) is 22.6. The van der Waals surface area contributed by atoms with Crippen LogP contribution in [0.5, 0.6) is 0 Å². The Morgan fingerprint density at radius 3 is 2.52 bits per heavy atom. The zero-order valence-electron chi connectivity index (χ0n) is 18.4. The van der Waals surface area contributed by atoms with Crippen molar-refractivity contribution in [1.29, 1.82) is 0 Å². The standard InChI is InChI=1S/C24H26FN3O3/c1-23(2,3)16-12-17(14-6-8-15(25)9-7-14)27-18-13-19(31-20(16)18)21(29)28-11-10-26-22(30)24(28,4)5/h6-9,12-13H,10-11H2,1-5H3,(H,26,30). The quantitative estimate of drug-likeness (QED) is 0.668. The van der Waals surface area contributed by atoms with E-state index in [9.17, 15) is 14.0 Å². The third-order valence-corrected chi connectivity index (χ3v) is 5.73. The van der Waals surface area contributed by atoms with Crippen LogP contribution >= 0.6 is 0 Å². The summed E-state index contributed by atoms with van der Waals surface area (Å²) >= 11 is 0. The van der Waals surface area contributed by atoms with Crippen molar-refractivity contribution in [3.8, 4) is 11.3 Å². The van der Waals surface area contributed by atoms with E-state index < -0.39 is 5.54 Å². The molecule has 0 unspecified atom stereocenters. The summed E-state index contributed by atoms with van der Waals surface area (Å²) in [7, 11) is 0. The maximum Gasteiger partial charge on any atom is 0.290 e. The number of nitrogens with zero attached hydrogens (tertiary/aromatic N) is 2. The summed E-state index contributed by atoms with van der Waals surface area (Å²) in [6.07, 6.45) is 0. The molecule has 4 rings (SSSR count). The summed E-state index contributed by atoms with van der Waals surface area (Å²) in [6, 6.07) is 9.69. The molecule has 1 fully saturated rings. The molecular formula is C24H26FN3O3. The van der Waals surface area contributed by atoms with E-state index in [-0.39, 0.29) is 28.8 Å². The zero-order valence-corrected chi connectivity index (χ0v) is 18.4. The highest BCUT2D eigenvalue weighted by atomic mass is 19.1. The molecule has 0 radical (unpaired) electrons. The number of halogens is 1. The summed E-state index contributed by atoms with van der Waals surface area (Å²) in [6.45, 7) is 10.4. The topological polar surface area (TPSA) is 75.4 Å². The molecular weight excluding hydrogens is 397 g/mol. The maximum atomic E-state index is 13.4. The molecule has 1 saturated heterocycles. The summed E-state index contributed by atoms with van der Waals surface area (Å²) in [4.78, 5) is 31.7. The predicted octanol–water partition coefficient (Wildman–Crippen LogP) is 4.28. The highest BCUT2D eigenvalue weighted by Gasteiger charge is 2.41. The number of carbonyl (C=O) groups is 2. The molecule has 0 bridgehead atoms. The van der Waals surface area contributed by atoms with Crippen molar-refractivity contribution in [1.82, 2.24) is 15.2 Å². The first kappa shape index (κ1) is 21.0. The summed E-state index contributed by atoms with van der Waals surface area (Å²) in [5, 5.41) is 2.79. The number of nitrogens with one attached hydrogen (secondary N) is 1. The van der Waals surface area contributed by atoms with E-state index in [0.29, 0.717) is 29.9 Å². The Bertz CT molecular complexity index is 1170. The molecule has 2 amide bonds. The Balaban J connectivity index is 1.83. The van der Waals surface area contributed by atoms with Crippen LogP contribution < -0.4 is 5.32 Å². The van der Waals surface area contributed by atoms with Gasteiger partial charge in [-0.2, -0.15) is 0 Å². The fraction of sp³-hybridized carbons (Fsp3) is 0.375. The molecule has 1 aliphatic heterocycles. The Hall–Kier alpha value is -3.22. The molecule has 0 aliphatic carbocycles. The molecule has 162 valence electrons. The van der Waals surface area contributed by atoms with Gasteiger partial charge in [0.25, 0.3) is 5.91 Å². The first-order valence-corrected chi connectivity index (χ1v) is 10.3. The van der Waals surface area contributed by atoms with Crippen LogP contribution in [0.1, 0.15) is 50.7 Å². The van der Waals surface area contributed by atoms with Crippen molar-refractivity contribution in [2.24, 2.45) is 0 Å². The van der Waals surface area contributed by atoms with Crippen LogP contribution in [0.15, 0.2) is 40.8 Å².